The first kappa shape index (κ1) is 84.8. The number of H-pyrrole nitrogens is 1. The van der Waals surface area contributed by atoms with E-state index in [0.717, 1.165) is 0 Å². The number of primary amides is 2. The lowest BCUT2D eigenvalue weighted by molar-refractivity contribution is -0.139. The number of aromatic nitrogens is 2. The molecular weight excluding hydrogens is 1300 g/mol. The maximum absolute atomic E-state index is 14.3. The van der Waals surface area contributed by atoms with E-state index < -0.39 is 206 Å². The van der Waals surface area contributed by atoms with Crippen LogP contribution in [0.2, 0.25) is 0 Å². The summed E-state index contributed by atoms with van der Waals surface area (Å²) in [6.07, 6.45) is -0.600. The summed E-state index contributed by atoms with van der Waals surface area (Å²) in [7, 11) is 0. The van der Waals surface area contributed by atoms with Crippen LogP contribution in [0, 0.1) is 17.8 Å². The van der Waals surface area contributed by atoms with E-state index in [1.165, 1.54) is 40.2 Å². The first-order valence-electron chi connectivity index (χ1n) is 32.3. The number of nitrogens with two attached hydrogens (primary N) is 5. The molecule has 2 rings (SSSR count). The van der Waals surface area contributed by atoms with Crippen molar-refractivity contribution >= 4 is 94.7 Å². The molecule has 0 aliphatic rings. The summed E-state index contributed by atoms with van der Waals surface area (Å²) in [6.45, 7) is 11.5. The zero-order chi connectivity index (χ0) is 74.8. The van der Waals surface area contributed by atoms with Gasteiger partial charge in [-0.2, -0.15) is 0 Å². The average Bonchev–Trinajstić information content (AvgIpc) is 1.12. The number of carbonyl (C=O) groups excluding carboxylic acids is 13. The lowest BCUT2D eigenvalue weighted by atomic mass is 9.99. The van der Waals surface area contributed by atoms with Gasteiger partial charge < -0.3 is 107 Å². The maximum Gasteiger partial charge on any atom is 0.303 e. The summed E-state index contributed by atoms with van der Waals surface area (Å²) < 4.78 is 0. The van der Waals surface area contributed by atoms with Gasteiger partial charge in [-0.25, -0.2) is 4.98 Å². The second-order valence-electron chi connectivity index (χ2n) is 24.5. The van der Waals surface area contributed by atoms with Crippen LogP contribution in [0.25, 0.3) is 0 Å². The number of guanidine groups is 1. The van der Waals surface area contributed by atoms with Gasteiger partial charge in [-0.3, -0.25) is 76.9 Å². The molecule has 99 heavy (non-hydrogen) atoms. The van der Waals surface area contributed by atoms with Gasteiger partial charge in [0.25, 0.3) is 0 Å². The molecule has 0 bridgehead atoms. The highest BCUT2D eigenvalue weighted by Crippen LogP contribution is 2.13. The number of aromatic amines is 1. The summed E-state index contributed by atoms with van der Waals surface area (Å²) in [4.78, 5) is 211. The molecule has 0 aliphatic heterocycles. The number of imidazole rings is 1. The van der Waals surface area contributed by atoms with Crippen LogP contribution in [-0.2, 0) is 84.8 Å². The number of amides is 13. The number of nitrogens with zero attached hydrogens (tertiary/aromatic N) is 2. The van der Waals surface area contributed by atoms with Crippen LogP contribution in [0.4, 0.5) is 0 Å². The first-order valence-corrected chi connectivity index (χ1v) is 32.3. The van der Waals surface area contributed by atoms with Gasteiger partial charge in [0.1, 0.15) is 66.5 Å². The third-order valence-corrected chi connectivity index (χ3v) is 15.5. The Morgan fingerprint density at radius 1 is 0.515 bits per heavy atom. The number of carboxylic acids is 2. The molecule has 37 heteroatoms. The molecule has 0 radical (unpaired) electrons. The summed E-state index contributed by atoms with van der Waals surface area (Å²) in [5.74, 6) is -17.5. The predicted molar refractivity (Wildman–Crippen MR) is 355 cm³/mol. The number of aliphatic imine (C=N–C) groups is 1. The zero-order valence-corrected chi connectivity index (χ0v) is 56.8. The Hall–Kier alpha value is -10.3. The van der Waals surface area contributed by atoms with Crippen molar-refractivity contribution in [3.05, 3.63) is 54.1 Å². The highest BCUT2D eigenvalue weighted by atomic mass is 16.4. The van der Waals surface area contributed by atoms with Crippen LogP contribution < -0.4 is 87.2 Å². The molecule has 13 atom stereocenters. The third kappa shape index (κ3) is 31.2. The summed E-state index contributed by atoms with van der Waals surface area (Å²) >= 11 is 0. The molecule has 0 fully saturated rings. The zero-order valence-electron chi connectivity index (χ0n) is 56.8. The van der Waals surface area contributed by atoms with E-state index >= 15 is 0 Å². The fourth-order valence-electron chi connectivity index (χ4n) is 9.54. The number of aliphatic hydroxyl groups is 1. The van der Waals surface area contributed by atoms with Gasteiger partial charge in [0.05, 0.1) is 25.4 Å². The van der Waals surface area contributed by atoms with Crippen LogP contribution in [0.5, 0.6) is 0 Å². The lowest BCUT2D eigenvalue weighted by Gasteiger charge is -2.29. The van der Waals surface area contributed by atoms with Crippen molar-refractivity contribution in [1.82, 2.24) is 68.5 Å². The van der Waals surface area contributed by atoms with Crippen LogP contribution in [0.1, 0.15) is 131 Å². The standard InChI is InChI=1S/C62H99N19O18/c1-9-32(7)48(64)60(98)80-44(28-82)59(97)75-39(19-21-47(86)87)55(93)81-49(31(5)6)61(99)79-43(26-45(63)83)58(96)77-41(23-30(3)4)56(94)72-36(10-2)52(90)71-33(8)51(89)73-38(18-20-46(84)85)54(92)78-42(24-34-15-12-11-13-16-34)57(95)74-37(17-14-22-69-62(66)67)53(91)76-40(50(65)88)25-35-27-68-29-70-35/h11-13,15-16,27,29-33,36-44,48-49,82H,9-10,14,17-26,28,64H2,1-8H3,(H2,63,83)(H2,65,88)(H,68,70)(H,71,90)(H,72,94)(H,73,89)(H,74,95)(H,75,97)(H,76,91)(H,77,96)(H,78,92)(H,79,99)(H,80,98)(H,81,93)(H,84,85)(H,86,87)(H4,66,67,69)/t32-,33-,36-,37-,38-,39-,40-,41-,42-,43-,44-,48-,49-/m0/s1. The number of aliphatic carboxylic acids is 2. The number of hydrogen-bond acceptors (Lipinski definition) is 19. The summed E-state index contributed by atoms with van der Waals surface area (Å²) in [5.41, 5.74) is 29.0. The topological polar surface area (TPSA) is 620 Å². The summed E-state index contributed by atoms with van der Waals surface area (Å²) in [6, 6.07) is -9.84. The maximum atomic E-state index is 14.3. The monoisotopic (exact) mass is 1400 g/mol. The molecule has 0 saturated carbocycles. The molecule has 0 spiro atoms. The van der Waals surface area contributed by atoms with E-state index in [9.17, 15) is 87.2 Å². The molecule has 25 N–H and O–H groups in total. The highest BCUT2D eigenvalue weighted by Gasteiger charge is 2.38. The van der Waals surface area contributed by atoms with Gasteiger partial charge in [0, 0.05) is 44.1 Å². The molecule has 1 heterocycles. The van der Waals surface area contributed by atoms with Crippen molar-refractivity contribution in [1.29, 1.82) is 0 Å². The minimum absolute atomic E-state index is 0.0164. The Morgan fingerprint density at radius 2 is 0.980 bits per heavy atom. The second-order valence-corrected chi connectivity index (χ2v) is 24.5. The van der Waals surface area contributed by atoms with Crippen molar-refractivity contribution in [3.8, 4) is 0 Å². The van der Waals surface area contributed by atoms with Crippen LogP contribution in [0.3, 0.4) is 0 Å². The Bertz CT molecular complexity index is 3110. The van der Waals surface area contributed by atoms with Crippen LogP contribution in [-0.4, -0.2) is 206 Å². The van der Waals surface area contributed by atoms with Crippen LogP contribution >= 0.6 is 0 Å². The molecule has 2 aromatic rings. The smallest absolute Gasteiger partial charge is 0.303 e. The second kappa shape index (κ2) is 43.1. The molecule has 0 aliphatic carbocycles. The molecule has 0 unspecified atom stereocenters. The van der Waals surface area contributed by atoms with E-state index in [0.29, 0.717) is 17.7 Å². The first-order chi connectivity index (χ1) is 46.5. The van der Waals surface area contributed by atoms with Gasteiger partial charge in [0.15, 0.2) is 5.96 Å². The fourth-order valence-corrected chi connectivity index (χ4v) is 9.54. The van der Waals surface area contributed by atoms with Crippen molar-refractivity contribution in [2.24, 2.45) is 51.4 Å². The molecular formula is C62H99N19O18. The van der Waals surface area contributed by atoms with E-state index in [-0.39, 0.29) is 62.9 Å². The Kier molecular flexibility index (Phi) is 36.9. The lowest BCUT2D eigenvalue weighted by Crippen LogP contribution is -2.61. The van der Waals surface area contributed by atoms with E-state index in [1.807, 2.05) is 0 Å². The van der Waals surface area contributed by atoms with E-state index in [4.69, 9.17) is 28.7 Å². The number of hydrogen-bond donors (Lipinski definition) is 20. The molecule has 0 saturated heterocycles. The normalized spacial score (nSPS) is 15.0. The number of rotatable bonds is 46. The van der Waals surface area contributed by atoms with Gasteiger partial charge in [0.2, 0.25) is 76.8 Å². The predicted octanol–water partition coefficient (Wildman–Crippen LogP) is -5.83. The molecule has 1 aromatic heterocycles. The largest absolute Gasteiger partial charge is 0.481 e. The summed E-state index contributed by atoms with van der Waals surface area (Å²) in [5, 5.41) is 56.0. The Balaban J connectivity index is 2.37. The third-order valence-electron chi connectivity index (χ3n) is 15.5. The van der Waals surface area contributed by atoms with Gasteiger partial charge in [-0.15, -0.1) is 0 Å². The van der Waals surface area contributed by atoms with E-state index in [1.54, 1.807) is 58.0 Å². The van der Waals surface area contributed by atoms with Crippen LogP contribution in [0.15, 0.2) is 47.8 Å². The minimum Gasteiger partial charge on any atom is -0.481 e. The van der Waals surface area contributed by atoms with Crippen molar-refractivity contribution in [2.45, 2.75) is 205 Å². The average molecular weight is 1400 g/mol. The number of carbonyl (C=O) groups is 15. The number of aliphatic hydroxyl groups excluding tert-OH is 1. The Labute approximate surface area is 572 Å². The van der Waals surface area contributed by atoms with Crippen molar-refractivity contribution < 1.29 is 87.2 Å². The van der Waals surface area contributed by atoms with E-state index in [2.05, 4.69) is 73.4 Å². The quantitative estimate of drug-likeness (QED) is 0.0167. The molecule has 37 nitrogen and oxygen atoms in total. The number of carboxylic acid groups (broad SMARTS) is 2. The van der Waals surface area contributed by atoms with Gasteiger partial charge in [-0.05, 0) is 68.8 Å². The van der Waals surface area contributed by atoms with Gasteiger partial charge in [-0.1, -0.05) is 85.2 Å². The molecule has 13 amide bonds. The molecule has 550 valence electrons. The minimum atomic E-state index is -1.82. The molecule has 1 aromatic carbocycles. The van der Waals surface area contributed by atoms with Crippen molar-refractivity contribution in [3.63, 3.8) is 0 Å². The van der Waals surface area contributed by atoms with Gasteiger partial charge >= 0.3 is 11.9 Å². The fraction of sp³-hybridized carbons (Fsp3) is 0.597. The number of benzene rings is 1. The SMILES string of the molecule is CC[C@H](NC(=O)[C@H](CC(C)C)NC(=O)[C@H](CC(N)=O)NC(=O)[C@@H](NC(=O)[C@H](CCC(=O)O)NC(=O)[C@H](CO)NC(=O)[C@@H](N)[C@@H](C)CC)C(C)C)C(=O)N[C@@H](C)C(=O)N[C@@H](CCC(=O)O)C(=O)N[C@@H](Cc1ccccc1)C(=O)N[C@@H](CCCN=C(N)N)C(=O)N[C@@H](Cc1cnc[nH]1)C(N)=O. The Morgan fingerprint density at radius 3 is 1.47 bits per heavy atom. The number of nitrogens with one attached hydrogen (secondary N) is 12. The highest BCUT2D eigenvalue weighted by molar-refractivity contribution is 6.00. The van der Waals surface area contributed by atoms with Crippen molar-refractivity contribution in [2.75, 3.05) is 13.2 Å².